The van der Waals surface area contributed by atoms with E-state index in [9.17, 15) is 0 Å². The van der Waals surface area contributed by atoms with Gasteiger partial charge >= 0.3 is 0 Å². The van der Waals surface area contributed by atoms with E-state index in [4.69, 9.17) is 11.0 Å². The maximum atomic E-state index is 7.46. The molecule has 0 aliphatic rings. The van der Waals surface area contributed by atoms with Gasteiger partial charge in [0.05, 0.1) is 28.6 Å². The normalized spacial score (nSPS) is 11.8. The summed E-state index contributed by atoms with van der Waals surface area (Å²) in [5.41, 5.74) is 8.66. The van der Waals surface area contributed by atoms with Gasteiger partial charge in [-0.3, -0.25) is 4.57 Å². The molecule has 5 nitrogen and oxygen atoms in total. The first-order valence-corrected chi connectivity index (χ1v) is 12.1. The lowest BCUT2D eigenvalue weighted by molar-refractivity contribution is 0.669. The summed E-state index contributed by atoms with van der Waals surface area (Å²) in [4.78, 5) is 8.21. The zero-order valence-corrected chi connectivity index (χ0v) is 19.6. The molecule has 0 amide bonds. The molecule has 0 N–H and O–H groups in total. The van der Waals surface area contributed by atoms with E-state index in [0.717, 1.165) is 66.2 Å². The Morgan fingerprint density at radius 2 is 1.32 bits per heavy atom. The van der Waals surface area contributed by atoms with Gasteiger partial charge in [0.25, 0.3) is 0 Å². The van der Waals surface area contributed by atoms with Crippen LogP contribution < -0.4 is 0 Å². The summed E-state index contributed by atoms with van der Waals surface area (Å²) in [7, 11) is 0. The van der Waals surface area contributed by atoms with Crippen molar-refractivity contribution in [2.45, 2.75) is 0 Å². The molecule has 0 aliphatic carbocycles. The van der Waals surface area contributed by atoms with Crippen LogP contribution in [0.15, 0.2) is 114 Å². The van der Waals surface area contributed by atoms with Crippen LogP contribution in [0.2, 0.25) is 0 Å². The van der Waals surface area contributed by atoms with Gasteiger partial charge in [-0.25, -0.2) is 9.83 Å². The second kappa shape index (κ2) is 7.33. The van der Waals surface area contributed by atoms with Crippen LogP contribution in [0.4, 0.5) is 5.69 Å². The third-order valence-corrected chi connectivity index (χ3v) is 7.21. The molecule has 172 valence electrons. The molecule has 0 aliphatic heterocycles. The number of furan rings is 1. The lowest BCUT2D eigenvalue weighted by Crippen LogP contribution is -1.93. The molecule has 0 radical (unpaired) electrons. The van der Waals surface area contributed by atoms with Gasteiger partial charge in [-0.2, -0.15) is 0 Å². The summed E-state index contributed by atoms with van der Waals surface area (Å²) in [5, 5.41) is 4.33. The Bertz CT molecular complexity index is 2220. The largest absolute Gasteiger partial charge is 0.456 e. The van der Waals surface area contributed by atoms with Crippen molar-refractivity contribution in [1.29, 1.82) is 0 Å². The van der Waals surface area contributed by atoms with Gasteiger partial charge in [0.2, 0.25) is 0 Å². The van der Waals surface area contributed by atoms with Crippen molar-refractivity contribution < 1.29 is 4.42 Å². The van der Waals surface area contributed by atoms with Gasteiger partial charge in [0.15, 0.2) is 5.69 Å². The van der Waals surface area contributed by atoms with Crippen molar-refractivity contribution in [1.82, 2.24) is 14.1 Å². The van der Waals surface area contributed by atoms with Gasteiger partial charge in [0, 0.05) is 27.5 Å². The molecule has 5 aromatic carbocycles. The van der Waals surface area contributed by atoms with E-state index >= 15 is 0 Å². The zero-order valence-electron chi connectivity index (χ0n) is 19.6. The standard InChI is InChI=1S/C32H18N4O/c1-33-20-10-13-29-24(16-20)23-6-2-4-8-28(23)36(29)22-12-15-32-26(18-22)25-17-21(11-14-31(25)37-32)35-19-34-27-7-3-5-9-30(27)35/h2-19H. The number of hydrogen-bond acceptors (Lipinski definition) is 2. The van der Waals surface area contributed by atoms with Gasteiger partial charge < -0.3 is 8.98 Å². The summed E-state index contributed by atoms with van der Waals surface area (Å²) in [6.07, 6.45) is 1.87. The monoisotopic (exact) mass is 474 g/mol. The third-order valence-electron chi connectivity index (χ3n) is 7.21. The highest BCUT2D eigenvalue weighted by Crippen LogP contribution is 2.37. The third kappa shape index (κ3) is 2.81. The average Bonchev–Trinajstić information content (AvgIpc) is 3.63. The van der Waals surface area contributed by atoms with Crippen molar-refractivity contribution in [2.75, 3.05) is 0 Å². The minimum atomic E-state index is 0.645. The molecule has 0 saturated heterocycles. The SMILES string of the molecule is [C-]#[N+]c1ccc2c(c1)c1ccccc1n2-c1ccc2oc3ccc(-n4cnc5ccccc54)cc3c2c1. The molecular weight excluding hydrogens is 456 g/mol. The Hall–Kier alpha value is -5.34. The number of para-hydroxylation sites is 3. The Morgan fingerprint density at radius 1 is 0.622 bits per heavy atom. The number of hydrogen-bond donors (Lipinski definition) is 0. The van der Waals surface area contributed by atoms with Crippen molar-refractivity contribution in [3.05, 3.63) is 121 Å². The first-order chi connectivity index (χ1) is 18.3. The summed E-state index contributed by atoms with van der Waals surface area (Å²) in [6.45, 7) is 7.46. The minimum absolute atomic E-state index is 0.645. The van der Waals surface area contributed by atoms with Crippen LogP contribution >= 0.6 is 0 Å². The number of benzene rings is 5. The van der Waals surface area contributed by atoms with Gasteiger partial charge in [-0.05, 0) is 72.1 Å². The second-order valence-corrected chi connectivity index (χ2v) is 9.23. The highest BCUT2D eigenvalue weighted by molar-refractivity contribution is 6.11. The average molecular weight is 475 g/mol. The Kier molecular flexibility index (Phi) is 3.94. The molecule has 0 fully saturated rings. The number of imidazole rings is 1. The number of rotatable bonds is 2. The van der Waals surface area contributed by atoms with Crippen LogP contribution in [0, 0.1) is 6.57 Å². The van der Waals surface area contributed by atoms with E-state index in [0.29, 0.717) is 5.69 Å². The molecule has 0 spiro atoms. The van der Waals surface area contributed by atoms with E-state index < -0.39 is 0 Å². The number of fused-ring (bicyclic) bond motifs is 7. The molecule has 3 aromatic heterocycles. The van der Waals surface area contributed by atoms with Crippen LogP contribution in [0.25, 0.3) is 71.0 Å². The van der Waals surface area contributed by atoms with Crippen LogP contribution in [0.3, 0.4) is 0 Å². The second-order valence-electron chi connectivity index (χ2n) is 9.23. The van der Waals surface area contributed by atoms with Crippen molar-refractivity contribution in [3.63, 3.8) is 0 Å². The topological polar surface area (TPSA) is 40.2 Å². The molecule has 37 heavy (non-hydrogen) atoms. The fraction of sp³-hybridized carbons (Fsp3) is 0. The molecule has 0 saturated carbocycles. The first-order valence-electron chi connectivity index (χ1n) is 12.1. The van der Waals surface area contributed by atoms with Crippen molar-refractivity contribution >= 4 is 60.5 Å². The molecule has 8 rings (SSSR count). The van der Waals surface area contributed by atoms with Gasteiger partial charge in [-0.15, -0.1) is 0 Å². The van der Waals surface area contributed by atoms with E-state index in [1.54, 1.807) is 0 Å². The Labute approximate surface area is 211 Å². The zero-order chi connectivity index (χ0) is 24.5. The van der Waals surface area contributed by atoms with E-state index in [1.165, 1.54) is 0 Å². The Morgan fingerprint density at radius 3 is 2.16 bits per heavy atom. The highest BCUT2D eigenvalue weighted by atomic mass is 16.3. The molecule has 0 unspecified atom stereocenters. The van der Waals surface area contributed by atoms with Crippen LogP contribution in [-0.2, 0) is 0 Å². The van der Waals surface area contributed by atoms with Gasteiger partial charge in [-0.1, -0.05) is 36.4 Å². The summed E-state index contributed by atoms with van der Waals surface area (Å²) in [5.74, 6) is 0. The van der Waals surface area contributed by atoms with E-state index in [1.807, 2.05) is 60.9 Å². The van der Waals surface area contributed by atoms with Crippen LogP contribution in [0.5, 0.6) is 0 Å². The van der Waals surface area contributed by atoms with Crippen molar-refractivity contribution in [3.8, 4) is 11.4 Å². The van der Waals surface area contributed by atoms with Crippen LogP contribution in [-0.4, -0.2) is 14.1 Å². The molecule has 0 bridgehead atoms. The Balaban J connectivity index is 1.38. The minimum Gasteiger partial charge on any atom is -0.456 e. The molecule has 8 aromatic rings. The summed E-state index contributed by atoms with van der Waals surface area (Å²) in [6, 6.07) is 35.0. The number of aromatic nitrogens is 3. The maximum Gasteiger partial charge on any atom is 0.188 e. The fourth-order valence-electron chi connectivity index (χ4n) is 5.52. The molecule has 5 heteroatoms. The smallest absolute Gasteiger partial charge is 0.188 e. The highest BCUT2D eigenvalue weighted by Gasteiger charge is 2.15. The van der Waals surface area contributed by atoms with Crippen LogP contribution in [0.1, 0.15) is 0 Å². The summed E-state index contributed by atoms with van der Waals surface area (Å²) >= 11 is 0. The molecular formula is C32H18N4O. The lowest BCUT2D eigenvalue weighted by Gasteiger charge is -2.08. The van der Waals surface area contributed by atoms with E-state index in [-0.39, 0.29) is 0 Å². The predicted molar refractivity (Wildman–Crippen MR) is 149 cm³/mol. The summed E-state index contributed by atoms with van der Waals surface area (Å²) < 4.78 is 10.6. The lowest BCUT2D eigenvalue weighted by atomic mass is 10.1. The first kappa shape index (κ1) is 19.9. The predicted octanol–water partition coefficient (Wildman–Crippen LogP) is 8.57. The fourth-order valence-corrected chi connectivity index (χ4v) is 5.52. The number of nitrogens with zero attached hydrogens (tertiary/aromatic N) is 4. The molecule has 3 heterocycles. The quantitative estimate of drug-likeness (QED) is 0.235. The maximum absolute atomic E-state index is 7.46. The molecule has 0 atom stereocenters. The van der Waals surface area contributed by atoms with Gasteiger partial charge in [0.1, 0.15) is 17.5 Å². The van der Waals surface area contributed by atoms with Crippen molar-refractivity contribution in [2.24, 2.45) is 0 Å². The van der Waals surface area contributed by atoms with E-state index in [2.05, 4.69) is 67.5 Å².